The summed E-state index contributed by atoms with van der Waals surface area (Å²) in [6.07, 6.45) is 13.0. The molecular weight excluding hydrogens is 170 g/mol. The van der Waals surface area contributed by atoms with Crippen LogP contribution >= 0.6 is 0 Å². The van der Waals surface area contributed by atoms with Crippen molar-refractivity contribution >= 4 is 0 Å². The van der Waals surface area contributed by atoms with Gasteiger partial charge in [0.05, 0.1) is 0 Å². The standard InChI is InChI=1S/C13H25N/c1-11-7-5-6-10-13(11)14-12-8-3-2-4-9-12/h11-14H,2-10H2,1H3/t11-,13-/m1/s1. The summed E-state index contributed by atoms with van der Waals surface area (Å²) in [7, 11) is 0. The molecule has 14 heavy (non-hydrogen) atoms. The van der Waals surface area contributed by atoms with Gasteiger partial charge in [0.1, 0.15) is 0 Å². The van der Waals surface area contributed by atoms with Crippen LogP contribution in [0.15, 0.2) is 0 Å². The molecular formula is C13H25N. The van der Waals surface area contributed by atoms with Gasteiger partial charge in [-0.2, -0.15) is 0 Å². The molecule has 0 aromatic rings. The molecule has 1 N–H and O–H groups in total. The molecule has 0 spiro atoms. The largest absolute Gasteiger partial charge is 0.311 e. The molecule has 0 bridgehead atoms. The van der Waals surface area contributed by atoms with Gasteiger partial charge in [-0.05, 0) is 31.6 Å². The van der Waals surface area contributed by atoms with E-state index in [1.54, 1.807) is 0 Å². The average Bonchev–Trinajstić information content (AvgIpc) is 2.23. The topological polar surface area (TPSA) is 12.0 Å². The fourth-order valence-electron chi connectivity index (χ4n) is 3.14. The molecule has 0 saturated heterocycles. The molecule has 2 aliphatic carbocycles. The molecule has 2 rings (SSSR count). The summed E-state index contributed by atoms with van der Waals surface area (Å²) in [5.41, 5.74) is 0. The van der Waals surface area contributed by atoms with Gasteiger partial charge in [-0.1, -0.05) is 39.0 Å². The van der Waals surface area contributed by atoms with Crippen LogP contribution in [0.1, 0.15) is 64.7 Å². The van der Waals surface area contributed by atoms with Crippen LogP contribution in [0.25, 0.3) is 0 Å². The summed E-state index contributed by atoms with van der Waals surface area (Å²) in [5, 5.41) is 3.91. The third-order valence-electron chi connectivity index (χ3n) is 4.17. The van der Waals surface area contributed by atoms with Gasteiger partial charge in [0.25, 0.3) is 0 Å². The van der Waals surface area contributed by atoms with E-state index in [9.17, 15) is 0 Å². The Balaban J connectivity index is 1.76. The quantitative estimate of drug-likeness (QED) is 0.711. The van der Waals surface area contributed by atoms with E-state index in [0.29, 0.717) is 0 Å². The molecule has 0 aromatic heterocycles. The maximum Gasteiger partial charge on any atom is 0.00952 e. The zero-order chi connectivity index (χ0) is 9.80. The van der Waals surface area contributed by atoms with Gasteiger partial charge in [0.2, 0.25) is 0 Å². The van der Waals surface area contributed by atoms with Crippen LogP contribution in [-0.4, -0.2) is 12.1 Å². The third kappa shape index (κ3) is 2.73. The van der Waals surface area contributed by atoms with Crippen LogP contribution in [0.4, 0.5) is 0 Å². The van der Waals surface area contributed by atoms with E-state index in [0.717, 1.165) is 18.0 Å². The minimum absolute atomic E-state index is 0.840. The number of hydrogen-bond donors (Lipinski definition) is 1. The maximum absolute atomic E-state index is 3.91. The van der Waals surface area contributed by atoms with Gasteiger partial charge < -0.3 is 5.32 Å². The van der Waals surface area contributed by atoms with Gasteiger partial charge in [0, 0.05) is 12.1 Å². The van der Waals surface area contributed by atoms with Crippen molar-refractivity contribution in [2.75, 3.05) is 0 Å². The van der Waals surface area contributed by atoms with E-state index in [1.165, 1.54) is 57.8 Å². The first-order valence-electron chi connectivity index (χ1n) is 6.62. The SMILES string of the molecule is C[C@@H]1CCCC[C@H]1NC1CCCCC1. The number of rotatable bonds is 2. The maximum atomic E-state index is 3.91. The first-order valence-corrected chi connectivity index (χ1v) is 6.62. The summed E-state index contributed by atoms with van der Waals surface area (Å²) in [6.45, 7) is 2.43. The molecule has 1 heteroatoms. The molecule has 0 unspecified atom stereocenters. The lowest BCUT2D eigenvalue weighted by molar-refractivity contribution is 0.235. The first-order chi connectivity index (χ1) is 6.86. The molecule has 2 atom stereocenters. The van der Waals surface area contributed by atoms with Crippen molar-refractivity contribution in [1.82, 2.24) is 5.32 Å². The van der Waals surface area contributed by atoms with Gasteiger partial charge >= 0.3 is 0 Å². The lowest BCUT2D eigenvalue weighted by Gasteiger charge is -2.34. The van der Waals surface area contributed by atoms with E-state index in [2.05, 4.69) is 12.2 Å². The molecule has 0 heterocycles. The highest BCUT2D eigenvalue weighted by Crippen LogP contribution is 2.26. The summed E-state index contributed by atoms with van der Waals surface area (Å²) in [4.78, 5) is 0. The monoisotopic (exact) mass is 195 g/mol. The van der Waals surface area contributed by atoms with Crippen LogP contribution in [0.3, 0.4) is 0 Å². The predicted octanol–water partition coefficient (Wildman–Crippen LogP) is 3.49. The lowest BCUT2D eigenvalue weighted by atomic mass is 9.84. The Labute approximate surface area is 88.7 Å². The molecule has 0 radical (unpaired) electrons. The van der Waals surface area contributed by atoms with Crippen LogP contribution in [0, 0.1) is 5.92 Å². The smallest absolute Gasteiger partial charge is 0.00952 e. The Morgan fingerprint density at radius 2 is 1.43 bits per heavy atom. The fraction of sp³-hybridized carbons (Fsp3) is 1.00. The molecule has 0 aromatic carbocycles. The molecule has 1 nitrogen and oxygen atoms in total. The van der Waals surface area contributed by atoms with Crippen molar-refractivity contribution in [2.45, 2.75) is 76.8 Å². The third-order valence-corrected chi connectivity index (χ3v) is 4.17. The Hall–Kier alpha value is -0.0400. The summed E-state index contributed by atoms with van der Waals surface area (Å²) in [6, 6.07) is 1.70. The van der Waals surface area contributed by atoms with Crippen LogP contribution in [-0.2, 0) is 0 Å². The second-order valence-corrected chi connectivity index (χ2v) is 5.37. The Morgan fingerprint density at radius 3 is 2.14 bits per heavy atom. The molecule has 2 aliphatic rings. The number of hydrogen-bond acceptors (Lipinski definition) is 1. The van der Waals surface area contributed by atoms with Crippen molar-refractivity contribution in [1.29, 1.82) is 0 Å². The van der Waals surface area contributed by atoms with Gasteiger partial charge in [-0.15, -0.1) is 0 Å². The van der Waals surface area contributed by atoms with Crippen molar-refractivity contribution < 1.29 is 0 Å². The van der Waals surface area contributed by atoms with E-state index < -0.39 is 0 Å². The minimum Gasteiger partial charge on any atom is -0.311 e. The fourth-order valence-corrected chi connectivity index (χ4v) is 3.14. The molecule has 82 valence electrons. The Bertz CT molecular complexity index is 161. The summed E-state index contributed by atoms with van der Waals surface area (Å²) >= 11 is 0. The molecule has 0 aliphatic heterocycles. The van der Waals surface area contributed by atoms with Crippen molar-refractivity contribution in [3.63, 3.8) is 0 Å². The van der Waals surface area contributed by atoms with Crippen molar-refractivity contribution in [2.24, 2.45) is 5.92 Å². The first kappa shape index (κ1) is 10.5. The zero-order valence-electron chi connectivity index (χ0n) is 9.60. The van der Waals surface area contributed by atoms with E-state index in [-0.39, 0.29) is 0 Å². The highest BCUT2D eigenvalue weighted by Gasteiger charge is 2.24. The van der Waals surface area contributed by atoms with Gasteiger partial charge in [-0.25, -0.2) is 0 Å². The van der Waals surface area contributed by atoms with Crippen LogP contribution in [0.2, 0.25) is 0 Å². The highest BCUT2D eigenvalue weighted by molar-refractivity contribution is 4.83. The molecule has 2 saturated carbocycles. The molecule has 2 fully saturated rings. The van der Waals surface area contributed by atoms with Crippen LogP contribution < -0.4 is 5.32 Å². The Kier molecular flexibility index (Phi) is 3.86. The second-order valence-electron chi connectivity index (χ2n) is 5.37. The second kappa shape index (κ2) is 5.16. The zero-order valence-corrected chi connectivity index (χ0v) is 9.60. The Morgan fingerprint density at radius 1 is 0.786 bits per heavy atom. The summed E-state index contributed by atoms with van der Waals surface area (Å²) in [5.74, 6) is 0.922. The summed E-state index contributed by atoms with van der Waals surface area (Å²) < 4.78 is 0. The van der Waals surface area contributed by atoms with E-state index in [4.69, 9.17) is 0 Å². The predicted molar refractivity (Wildman–Crippen MR) is 61.4 cm³/mol. The lowest BCUT2D eigenvalue weighted by Crippen LogP contribution is -2.44. The minimum atomic E-state index is 0.840. The highest BCUT2D eigenvalue weighted by atomic mass is 15.0. The average molecular weight is 195 g/mol. The van der Waals surface area contributed by atoms with Gasteiger partial charge in [-0.3, -0.25) is 0 Å². The molecule has 0 amide bonds. The van der Waals surface area contributed by atoms with Gasteiger partial charge in [0.15, 0.2) is 0 Å². The van der Waals surface area contributed by atoms with E-state index in [1.807, 2.05) is 0 Å². The van der Waals surface area contributed by atoms with Crippen molar-refractivity contribution in [3.8, 4) is 0 Å². The van der Waals surface area contributed by atoms with Crippen molar-refractivity contribution in [3.05, 3.63) is 0 Å². The normalized spacial score (nSPS) is 35.8. The van der Waals surface area contributed by atoms with Crippen LogP contribution in [0.5, 0.6) is 0 Å². The number of nitrogens with one attached hydrogen (secondary N) is 1. The van der Waals surface area contributed by atoms with E-state index >= 15 is 0 Å².